The predicted octanol–water partition coefficient (Wildman–Crippen LogP) is 2.71. The topological polar surface area (TPSA) is 63.4 Å². The van der Waals surface area contributed by atoms with Gasteiger partial charge in [0.2, 0.25) is 11.8 Å². The quantitative estimate of drug-likeness (QED) is 0.672. The van der Waals surface area contributed by atoms with Crippen LogP contribution in [0.3, 0.4) is 0 Å². The molecule has 1 aromatic carbocycles. The second-order valence-electron chi connectivity index (χ2n) is 5.71. The van der Waals surface area contributed by atoms with Gasteiger partial charge in [-0.2, -0.15) is 0 Å². The van der Waals surface area contributed by atoms with Crippen molar-refractivity contribution in [1.82, 2.24) is 4.90 Å². The highest BCUT2D eigenvalue weighted by molar-refractivity contribution is 9.10. The van der Waals surface area contributed by atoms with Crippen molar-refractivity contribution in [2.45, 2.75) is 33.2 Å². The van der Waals surface area contributed by atoms with Gasteiger partial charge in [-0.15, -0.1) is 0 Å². The van der Waals surface area contributed by atoms with Gasteiger partial charge in [0.1, 0.15) is 0 Å². The fourth-order valence-electron chi connectivity index (χ4n) is 2.28. The number of piperidine rings is 1. The Bertz CT molecular complexity index is 520. The first-order chi connectivity index (χ1) is 8.80. The number of imide groups is 1. The number of nitrogen functional groups attached to an aromatic ring is 1. The van der Waals surface area contributed by atoms with E-state index in [-0.39, 0.29) is 23.8 Å². The molecule has 1 aliphatic heterocycles. The highest BCUT2D eigenvalue weighted by atomic mass is 79.9. The van der Waals surface area contributed by atoms with Gasteiger partial charge in [-0.3, -0.25) is 14.5 Å². The third kappa shape index (κ3) is 2.97. The summed E-state index contributed by atoms with van der Waals surface area (Å²) in [4.78, 5) is 25.5. The number of likely N-dealkylation sites (tertiary alicyclic amines) is 1. The van der Waals surface area contributed by atoms with Crippen molar-refractivity contribution < 1.29 is 9.59 Å². The van der Waals surface area contributed by atoms with E-state index >= 15 is 0 Å². The number of hydrogen-bond acceptors (Lipinski definition) is 3. The van der Waals surface area contributed by atoms with Gasteiger partial charge in [-0.05, 0) is 33.0 Å². The van der Waals surface area contributed by atoms with Gasteiger partial charge in [0.25, 0.3) is 0 Å². The Morgan fingerprint density at radius 2 is 1.84 bits per heavy atom. The highest BCUT2D eigenvalue weighted by Crippen LogP contribution is 2.33. The minimum absolute atomic E-state index is 0.115. The number of rotatable bonds is 2. The van der Waals surface area contributed by atoms with Gasteiger partial charge in [0, 0.05) is 23.0 Å². The molecular formula is C14H17BrN2O2. The maximum absolute atomic E-state index is 12.1. The lowest BCUT2D eigenvalue weighted by Crippen LogP contribution is -2.45. The maximum atomic E-state index is 12.1. The Morgan fingerprint density at radius 1 is 1.26 bits per heavy atom. The summed E-state index contributed by atoms with van der Waals surface area (Å²) >= 11 is 3.40. The van der Waals surface area contributed by atoms with Crippen molar-refractivity contribution in [3.8, 4) is 0 Å². The average Bonchev–Trinajstić information content (AvgIpc) is 2.27. The van der Waals surface area contributed by atoms with Crippen molar-refractivity contribution in [3.63, 3.8) is 0 Å². The lowest BCUT2D eigenvalue weighted by Gasteiger charge is -2.34. The first-order valence-corrected chi connectivity index (χ1v) is 6.95. The van der Waals surface area contributed by atoms with Crippen LogP contribution in [0.5, 0.6) is 0 Å². The summed E-state index contributed by atoms with van der Waals surface area (Å²) in [6, 6.07) is 5.45. The van der Waals surface area contributed by atoms with Crippen LogP contribution in [0.2, 0.25) is 0 Å². The zero-order chi connectivity index (χ0) is 14.2. The number of benzene rings is 1. The number of anilines is 1. The van der Waals surface area contributed by atoms with Crippen molar-refractivity contribution in [2.75, 3.05) is 5.73 Å². The summed E-state index contributed by atoms with van der Waals surface area (Å²) in [6.07, 6.45) is 0.803. The summed E-state index contributed by atoms with van der Waals surface area (Å²) in [5.41, 5.74) is 7.02. The van der Waals surface area contributed by atoms with E-state index in [1.807, 2.05) is 26.0 Å². The summed E-state index contributed by atoms with van der Waals surface area (Å²) < 4.78 is 0.750. The predicted molar refractivity (Wildman–Crippen MR) is 77.1 cm³/mol. The molecule has 0 aliphatic carbocycles. The Labute approximate surface area is 121 Å². The number of carbonyl (C=O) groups excluding carboxylic acids is 2. The van der Waals surface area contributed by atoms with Gasteiger partial charge < -0.3 is 5.73 Å². The number of nitrogens with zero attached hydrogens (tertiary/aromatic N) is 1. The molecule has 1 heterocycles. The maximum Gasteiger partial charge on any atom is 0.230 e. The number of amides is 2. The van der Waals surface area contributed by atoms with Crippen LogP contribution in [0.15, 0.2) is 22.7 Å². The SMILES string of the molecule is CC1(C)CC(=O)N(Cc2cccc(N)c2Br)C(=O)C1. The number of carbonyl (C=O) groups is 2. The van der Waals surface area contributed by atoms with Crippen LogP contribution in [-0.4, -0.2) is 16.7 Å². The molecule has 2 N–H and O–H groups in total. The lowest BCUT2D eigenvalue weighted by molar-refractivity contribution is -0.153. The third-order valence-electron chi connectivity index (χ3n) is 3.30. The number of halogens is 1. The molecule has 19 heavy (non-hydrogen) atoms. The first-order valence-electron chi connectivity index (χ1n) is 6.16. The van der Waals surface area contributed by atoms with E-state index in [1.54, 1.807) is 6.07 Å². The molecule has 102 valence electrons. The van der Waals surface area contributed by atoms with E-state index < -0.39 is 0 Å². The second kappa shape index (κ2) is 4.96. The third-order valence-corrected chi connectivity index (χ3v) is 4.27. The fraction of sp³-hybridized carbons (Fsp3) is 0.429. The molecule has 1 aliphatic rings. The van der Waals surface area contributed by atoms with Crippen molar-refractivity contribution in [1.29, 1.82) is 0 Å². The monoisotopic (exact) mass is 324 g/mol. The van der Waals surface area contributed by atoms with Crippen LogP contribution in [0, 0.1) is 5.41 Å². The lowest BCUT2D eigenvalue weighted by atomic mass is 9.81. The van der Waals surface area contributed by atoms with Gasteiger partial charge in [0.15, 0.2) is 0 Å². The molecule has 0 atom stereocenters. The molecule has 0 spiro atoms. The Balaban J connectivity index is 2.22. The van der Waals surface area contributed by atoms with Crippen LogP contribution >= 0.6 is 15.9 Å². The van der Waals surface area contributed by atoms with Gasteiger partial charge in [-0.1, -0.05) is 26.0 Å². The van der Waals surface area contributed by atoms with Crippen LogP contribution in [0.1, 0.15) is 32.3 Å². The molecule has 1 aromatic rings. The zero-order valence-electron chi connectivity index (χ0n) is 11.1. The van der Waals surface area contributed by atoms with Crippen LogP contribution in [0.4, 0.5) is 5.69 Å². The van der Waals surface area contributed by atoms with E-state index in [2.05, 4.69) is 15.9 Å². The molecule has 0 saturated carbocycles. The van der Waals surface area contributed by atoms with Gasteiger partial charge >= 0.3 is 0 Å². The minimum Gasteiger partial charge on any atom is -0.398 e. The molecule has 0 aromatic heterocycles. The minimum atomic E-state index is -0.238. The summed E-state index contributed by atoms with van der Waals surface area (Å²) in [6.45, 7) is 4.16. The Morgan fingerprint density at radius 3 is 2.42 bits per heavy atom. The summed E-state index contributed by atoms with van der Waals surface area (Å²) in [5.74, 6) is -0.230. The van der Waals surface area contributed by atoms with Crippen molar-refractivity contribution >= 4 is 33.4 Å². The van der Waals surface area contributed by atoms with E-state index in [0.717, 1.165) is 10.0 Å². The molecule has 0 radical (unpaired) electrons. The molecule has 5 heteroatoms. The Hall–Kier alpha value is -1.36. The first kappa shape index (κ1) is 14.1. The van der Waals surface area contributed by atoms with Crippen LogP contribution in [-0.2, 0) is 16.1 Å². The molecule has 1 saturated heterocycles. The Kier molecular flexibility index (Phi) is 3.67. The molecule has 1 fully saturated rings. The summed E-state index contributed by atoms with van der Waals surface area (Å²) in [5, 5.41) is 0. The average molecular weight is 325 g/mol. The number of nitrogens with two attached hydrogens (primary N) is 1. The van der Waals surface area contributed by atoms with Crippen LogP contribution < -0.4 is 5.73 Å². The molecule has 0 unspecified atom stereocenters. The molecule has 2 rings (SSSR count). The zero-order valence-corrected chi connectivity index (χ0v) is 12.7. The largest absolute Gasteiger partial charge is 0.398 e. The second-order valence-corrected chi connectivity index (χ2v) is 6.50. The highest BCUT2D eigenvalue weighted by Gasteiger charge is 2.37. The number of hydrogen-bond donors (Lipinski definition) is 1. The van der Waals surface area contributed by atoms with Gasteiger partial charge in [0.05, 0.1) is 6.54 Å². The van der Waals surface area contributed by atoms with E-state index in [9.17, 15) is 9.59 Å². The standard InChI is InChI=1S/C14H17BrN2O2/c1-14(2)6-11(18)17(12(19)7-14)8-9-4-3-5-10(16)13(9)15/h3-5H,6-8,16H2,1-2H3. The van der Waals surface area contributed by atoms with E-state index in [0.29, 0.717) is 18.5 Å². The molecule has 2 amide bonds. The normalized spacial score (nSPS) is 18.8. The van der Waals surface area contributed by atoms with Crippen molar-refractivity contribution in [2.24, 2.45) is 5.41 Å². The molecule has 0 bridgehead atoms. The van der Waals surface area contributed by atoms with E-state index in [4.69, 9.17) is 5.73 Å². The van der Waals surface area contributed by atoms with Crippen LogP contribution in [0.25, 0.3) is 0 Å². The van der Waals surface area contributed by atoms with Gasteiger partial charge in [-0.25, -0.2) is 0 Å². The van der Waals surface area contributed by atoms with Crippen molar-refractivity contribution in [3.05, 3.63) is 28.2 Å². The fourth-order valence-corrected chi connectivity index (χ4v) is 2.67. The summed E-state index contributed by atoms with van der Waals surface area (Å²) in [7, 11) is 0. The molecule has 4 nitrogen and oxygen atoms in total. The smallest absolute Gasteiger partial charge is 0.230 e. The molecular weight excluding hydrogens is 308 g/mol. The van der Waals surface area contributed by atoms with E-state index in [1.165, 1.54) is 4.90 Å².